The number of amides is 2. The molecule has 0 aromatic carbocycles. The molecule has 1 rings (SSSR count). The number of carbonyl (C=O) groups excluding carboxylic acids is 2. The van der Waals surface area contributed by atoms with Gasteiger partial charge in [-0.15, -0.1) is 0 Å². The molecule has 7 heteroatoms. The summed E-state index contributed by atoms with van der Waals surface area (Å²) < 4.78 is 1.66. The summed E-state index contributed by atoms with van der Waals surface area (Å²) in [6.45, 7) is 1.70. The van der Waals surface area contributed by atoms with Crippen molar-refractivity contribution in [2.75, 3.05) is 5.75 Å². The quantitative estimate of drug-likeness (QED) is 0.620. The van der Waals surface area contributed by atoms with Crippen molar-refractivity contribution in [3.63, 3.8) is 0 Å². The molecule has 1 atom stereocenters. The normalized spacial score (nSPS) is 11.9. The zero-order valence-electron chi connectivity index (χ0n) is 9.80. The lowest BCUT2D eigenvalue weighted by Gasteiger charge is -2.14. The number of hydrogen-bond donors (Lipinski definition) is 3. The number of thiol groups is 1. The first kappa shape index (κ1) is 13.6. The maximum Gasteiger partial charge on any atom is 0.243 e. The molecular weight excluding hydrogens is 240 g/mol. The second kappa shape index (κ2) is 6.29. The van der Waals surface area contributed by atoms with Gasteiger partial charge in [0.15, 0.2) is 0 Å². The predicted molar refractivity (Wildman–Crippen MR) is 66.5 cm³/mol. The van der Waals surface area contributed by atoms with Gasteiger partial charge in [0.1, 0.15) is 6.04 Å². The maximum absolute atomic E-state index is 11.7. The Kier molecular flexibility index (Phi) is 5.02. The standard InChI is InChI=1S/C10H16N4O2S/c1-7(15)12-9(6-17)10(16)11-5-8-3-4-14(2)13-8/h3-4,9,17H,5-6H2,1-2H3,(H,11,16)(H,12,15). The molecule has 2 N–H and O–H groups in total. The van der Waals surface area contributed by atoms with Crippen molar-refractivity contribution in [3.8, 4) is 0 Å². The van der Waals surface area contributed by atoms with Crippen LogP contribution in [0.15, 0.2) is 12.3 Å². The van der Waals surface area contributed by atoms with E-state index in [-0.39, 0.29) is 17.6 Å². The summed E-state index contributed by atoms with van der Waals surface area (Å²) in [6, 6.07) is 1.20. The molecule has 1 aromatic heterocycles. The van der Waals surface area contributed by atoms with Crippen molar-refractivity contribution in [1.29, 1.82) is 0 Å². The lowest BCUT2D eigenvalue weighted by atomic mass is 10.3. The van der Waals surface area contributed by atoms with Gasteiger partial charge in [-0.05, 0) is 6.07 Å². The topological polar surface area (TPSA) is 76.0 Å². The largest absolute Gasteiger partial charge is 0.349 e. The minimum Gasteiger partial charge on any atom is -0.349 e. The number of hydrogen-bond acceptors (Lipinski definition) is 4. The van der Waals surface area contributed by atoms with Crippen LogP contribution in [0.3, 0.4) is 0 Å². The molecule has 94 valence electrons. The van der Waals surface area contributed by atoms with Gasteiger partial charge in [0.2, 0.25) is 11.8 Å². The number of rotatable bonds is 5. The van der Waals surface area contributed by atoms with Crippen molar-refractivity contribution in [3.05, 3.63) is 18.0 Å². The molecule has 0 saturated carbocycles. The molecule has 2 amide bonds. The fraction of sp³-hybridized carbons (Fsp3) is 0.500. The van der Waals surface area contributed by atoms with Gasteiger partial charge in [0.25, 0.3) is 0 Å². The Balaban J connectivity index is 2.44. The van der Waals surface area contributed by atoms with Crippen LogP contribution in [0.2, 0.25) is 0 Å². The van der Waals surface area contributed by atoms with Gasteiger partial charge in [0.05, 0.1) is 12.2 Å². The molecule has 0 aliphatic rings. The van der Waals surface area contributed by atoms with Crippen LogP contribution >= 0.6 is 12.6 Å². The molecule has 0 fully saturated rings. The van der Waals surface area contributed by atoms with Crippen LogP contribution in [0.4, 0.5) is 0 Å². The zero-order chi connectivity index (χ0) is 12.8. The molecule has 0 saturated heterocycles. The number of aromatic nitrogens is 2. The number of aryl methyl sites for hydroxylation is 1. The third-order valence-electron chi connectivity index (χ3n) is 2.09. The summed E-state index contributed by atoms with van der Waals surface area (Å²) >= 11 is 4.02. The Morgan fingerprint density at radius 3 is 2.76 bits per heavy atom. The number of nitrogens with one attached hydrogen (secondary N) is 2. The van der Waals surface area contributed by atoms with Gasteiger partial charge in [-0.3, -0.25) is 14.3 Å². The molecule has 0 radical (unpaired) electrons. The van der Waals surface area contributed by atoms with Crippen molar-refractivity contribution in [1.82, 2.24) is 20.4 Å². The summed E-state index contributed by atoms with van der Waals surface area (Å²) in [5.41, 5.74) is 0.765. The van der Waals surface area contributed by atoms with Gasteiger partial charge in [-0.2, -0.15) is 17.7 Å². The molecule has 1 heterocycles. The minimum absolute atomic E-state index is 0.253. The van der Waals surface area contributed by atoms with E-state index in [2.05, 4.69) is 28.4 Å². The van der Waals surface area contributed by atoms with E-state index in [0.29, 0.717) is 6.54 Å². The number of nitrogens with zero attached hydrogens (tertiary/aromatic N) is 2. The van der Waals surface area contributed by atoms with E-state index in [0.717, 1.165) is 5.69 Å². The van der Waals surface area contributed by atoms with Crippen LogP contribution in [0, 0.1) is 0 Å². The first-order valence-corrected chi connectivity index (χ1v) is 5.80. The van der Waals surface area contributed by atoms with E-state index in [1.54, 1.807) is 17.9 Å². The van der Waals surface area contributed by atoms with E-state index in [4.69, 9.17) is 0 Å². The van der Waals surface area contributed by atoms with Gasteiger partial charge in [-0.25, -0.2) is 0 Å². The maximum atomic E-state index is 11.7. The average Bonchev–Trinajstić information content (AvgIpc) is 2.68. The summed E-state index contributed by atoms with van der Waals surface area (Å²) in [5.74, 6) is -0.258. The smallest absolute Gasteiger partial charge is 0.243 e. The van der Waals surface area contributed by atoms with Crippen LogP contribution in [0.5, 0.6) is 0 Å². The molecule has 0 spiro atoms. The minimum atomic E-state index is -0.612. The summed E-state index contributed by atoms with van der Waals surface area (Å²) in [4.78, 5) is 22.5. The lowest BCUT2D eigenvalue weighted by Crippen LogP contribution is -2.47. The third kappa shape index (κ3) is 4.48. The molecule has 0 aliphatic heterocycles. The van der Waals surface area contributed by atoms with E-state index < -0.39 is 6.04 Å². The van der Waals surface area contributed by atoms with Gasteiger partial charge >= 0.3 is 0 Å². The predicted octanol–water partition coefficient (Wildman–Crippen LogP) is -0.529. The summed E-state index contributed by atoms with van der Waals surface area (Å²) in [6.07, 6.45) is 1.80. The van der Waals surface area contributed by atoms with Crippen LogP contribution in [-0.4, -0.2) is 33.4 Å². The Morgan fingerprint density at radius 2 is 2.29 bits per heavy atom. The molecule has 17 heavy (non-hydrogen) atoms. The fourth-order valence-electron chi connectivity index (χ4n) is 1.30. The second-order valence-corrected chi connectivity index (χ2v) is 4.00. The van der Waals surface area contributed by atoms with Gasteiger partial charge in [-0.1, -0.05) is 0 Å². The van der Waals surface area contributed by atoms with E-state index >= 15 is 0 Å². The molecule has 1 aromatic rings. The molecule has 6 nitrogen and oxygen atoms in total. The first-order valence-electron chi connectivity index (χ1n) is 5.17. The van der Waals surface area contributed by atoms with Crippen molar-refractivity contribution in [2.45, 2.75) is 19.5 Å². The summed E-state index contributed by atoms with van der Waals surface area (Å²) in [7, 11) is 1.80. The Morgan fingerprint density at radius 1 is 1.59 bits per heavy atom. The van der Waals surface area contributed by atoms with Gasteiger partial charge < -0.3 is 10.6 Å². The number of carbonyl (C=O) groups is 2. The fourth-order valence-corrected chi connectivity index (χ4v) is 1.55. The summed E-state index contributed by atoms with van der Waals surface area (Å²) in [5, 5.41) is 9.33. The SMILES string of the molecule is CC(=O)NC(CS)C(=O)NCc1ccn(C)n1. The third-order valence-corrected chi connectivity index (χ3v) is 2.45. The second-order valence-electron chi connectivity index (χ2n) is 3.63. The van der Waals surface area contributed by atoms with Crippen LogP contribution in [-0.2, 0) is 23.2 Å². The highest BCUT2D eigenvalue weighted by Gasteiger charge is 2.17. The lowest BCUT2D eigenvalue weighted by molar-refractivity contribution is -0.127. The Bertz CT molecular complexity index is 405. The van der Waals surface area contributed by atoms with Crippen LogP contribution in [0.25, 0.3) is 0 Å². The van der Waals surface area contributed by atoms with E-state index in [9.17, 15) is 9.59 Å². The molecular formula is C10H16N4O2S. The van der Waals surface area contributed by atoms with E-state index in [1.807, 2.05) is 6.07 Å². The van der Waals surface area contributed by atoms with Crippen molar-refractivity contribution < 1.29 is 9.59 Å². The molecule has 0 bridgehead atoms. The van der Waals surface area contributed by atoms with Gasteiger partial charge in [0, 0.05) is 25.9 Å². The highest BCUT2D eigenvalue weighted by atomic mass is 32.1. The Labute approximate surface area is 105 Å². The highest BCUT2D eigenvalue weighted by Crippen LogP contribution is 1.95. The van der Waals surface area contributed by atoms with E-state index in [1.165, 1.54) is 6.92 Å². The Hall–Kier alpha value is -1.50. The first-order chi connectivity index (χ1) is 8.02. The van der Waals surface area contributed by atoms with Crippen molar-refractivity contribution in [2.24, 2.45) is 7.05 Å². The monoisotopic (exact) mass is 256 g/mol. The molecule has 1 unspecified atom stereocenters. The highest BCUT2D eigenvalue weighted by molar-refractivity contribution is 7.80. The zero-order valence-corrected chi connectivity index (χ0v) is 10.7. The molecule has 0 aliphatic carbocycles. The van der Waals surface area contributed by atoms with Crippen molar-refractivity contribution >= 4 is 24.4 Å². The van der Waals surface area contributed by atoms with Crippen LogP contribution < -0.4 is 10.6 Å². The van der Waals surface area contributed by atoms with Crippen LogP contribution in [0.1, 0.15) is 12.6 Å². The average molecular weight is 256 g/mol.